The molecule has 0 bridgehead atoms. The maximum Gasteiger partial charge on any atom is 0.249 e. The van der Waals surface area contributed by atoms with Crippen LogP contribution in [0.4, 0.5) is 5.82 Å². The number of hydrogen-bond donors (Lipinski definition) is 1. The van der Waals surface area contributed by atoms with Crippen molar-refractivity contribution in [3.8, 4) is 0 Å². The Hall–Kier alpha value is -1.25. The van der Waals surface area contributed by atoms with E-state index >= 15 is 0 Å². The minimum absolute atomic E-state index is 0.0134. The fourth-order valence-electron chi connectivity index (χ4n) is 2.17. The molecular formula is C12H18N2O. The summed E-state index contributed by atoms with van der Waals surface area (Å²) in [5.74, 6) is 2.45. The normalized spacial score (nSPS) is 21.3. The van der Waals surface area contributed by atoms with Gasteiger partial charge >= 0.3 is 0 Å². The van der Waals surface area contributed by atoms with Crippen LogP contribution in [-0.4, -0.2) is 18.1 Å². The molecule has 1 atom stereocenters. The summed E-state index contributed by atoms with van der Waals surface area (Å²) in [5.41, 5.74) is -0.0134. The summed E-state index contributed by atoms with van der Waals surface area (Å²) in [4.78, 5) is 16.3. The molecule has 0 aliphatic carbocycles. The fraction of sp³-hybridized carbons (Fsp3) is 0.583. The number of nitrogens with zero attached hydrogens (tertiary/aromatic N) is 1. The lowest BCUT2D eigenvalue weighted by Gasteiger charge is -2.19. The van der Waals surface area contributed by atoms with Gasteiger partial charge in [0.25, 0.3) is 0 Å². The molecule has 0 radical (unpaired) electrons. The first-order chi connectivity index (χ1) is 7.16. The van der Waals surface area contributed by atoms with Gasteiger partial charge in [-0.15, -0.1) is 0 Å². The lowest BCUT2D eigenvalue weighted by atomic mass is 9.95. The van der Waals surface area contributed by atoms with Gasteiger partial charge in [-0.05, 0) is 24.3 Å². The summed E-state index contributed by atoms with van der Waals surface area (Å²) in [5, 5.41) is 0. The van der Waals surface area contributed by atoms with E-state index in [2.05, 4.69) is 23.7 Å². The summed E-state index contributed by atoms with van der Waals surface area (Å²) >= 11 is 0. The molecule has 0 saturated carbocycles. The van der Waals surface area contributed by atoms with Crippen LogP contribution in [-0.2, 0) is 0 Å². The van der Waals surface area contributed by atoms with E-state index < -0.39 is 0 Å². The highest BCUT2D eigenvalue weighted by molar-refractivity contribution is 5.38. The zero-order valence-corrected chi connectivity index (χ0v) is 9.36. The molecule has 1 aromatic rings. The van der Waals surface area contributed by atoms with E-state index in [1.807, 2.05) is 12.1 Å². The van der Waals surface area contributed by atoms with Crippen molar-refractivity contribution >= 4 is 5.82 Å². The quantitative estimate of drug-likeness (QED) is 0.801. The van der Waals surface area contributed by atoms with Gasteiger partial charge in [0.1, 0.15) is 5.82 Å². The lowest BCUT2D eigenvalue weighted by molar-refractivity contribution is 0.422. The second-order valence-corrected chi connectivity index (χ2v) is 4.64. The summed E-state index contributed by atoms with van der Waals surface area (Å²) in [6.45, 7) is 6.66. The molecule has 2 heterocycles. The van der Waals surface area contributed by atoms with Crippen LogP contribution in [0.15, 0.2) is 23.0 Å². The Bertz CT molecular complexity index is 383. The number of pyridine rings is 1. The number of aromatic amines is 1. The van der Waals surface area contributed by atoms with Crippen LogP contribution in [0.1, 0.15) is 20.3 Å². The van der Waals surface area contributed by atoms with E-state index in [0.29, 0.717) is 0 Å². The van der Waals surface area contributed by atoms with Crippen LogP contribution in [0.5, 0.6) is 0 Å². The molecule has 1 saturated heterocycles. The second kappa shape index (κ2) is 4.09. The minimum atomic E-state index is -0.0134. The second-order valence-electron chi connectivity index (χ2n) is 4.64. The van der Waals surface area contributed by atoms with Gasteiger partial charge in [0, 0.05) is 19.2 Å². The standard InChI is InChI=1S/C12H18N2O/c1-9(2)10-6-7-14(8-10)11-4-3-5-12(15)13-11/h3-5,9-10H,6-8H2,1-2H3,(H,13,15)/t10-/m0/s1. The maximum atomic E-state index is 11.2. The highest BCUT2D eigenvalue weighted by Gasteiger charge is 2.25. The maximum absolute atomic E-state index is 11.2. The van der Waals surface area contributed by atoms with Crippen LogP contribution in [0.3, 0.4) is 0 Å². The van der Waals surface area contributed by atoms with E-state index in [1.54, 1.807) is 6.07 Å². The van der Waals surface area contributed by atoms with Crippen molar-refractivity contribution in [1.29, 1.82) is 0 Å². The van der Waals surface area contributed by atoms with Gasteiger partial charge in [0.15, 0.2) is 0 Å². The topological polar surface area (TPSA) is 36.1 Å². The highest BCUT2D eigenvalue weighted by atomic mass is 16.1. The molecule has 1 fully saturated rings. The van der Waals surface area contributed by atoms with Gasteiger partial charge in [0.05, 0.1) is 0 Å². The predicted octanol–water partition coefficient (Wildman–Crippen LogP) is 1.86. The van der Waals surface area contributed by atoms with Gasteiger partial charge in [-0.3, -0.25) is 4.79 Å². The average Bonchev–Trinajstić information content (AvgIpc) is 2.66. The predicted molar refractivity (Wildman–Crippen MR) is 62.2 cm³/mol. The van der Waals surface area contributed by atoms with Crippen molar-refractivity contribution in [2.45, 2.75) is 20.3 Å². The molecule has 2 rings (SSSR count). The molecule has 1 aliphatic rings. The Balaban J connectivity index is 2.11. The third-order valence-corrected chi connectivity index (χ3v) is 3.26. The van der Waals surface area contributed by atoms with E-state index in [4.69, 9.17) is 0 Å². The number of rotatable bonds is 2. The van der Waals surface area contributed by atoms with Crippen molar-refractivity contribution < 1.29 is 0 Å². The summed E-state index contributed by atoms with van der Waals surface area (Å²) < 4.78 is 0. The first-order valence-electron chi connectivity index (χ1n) is 5.61. The van der Waals surface area contributed by atoms with Gasteiger partial charge in [0.2, 0.25) is 5.56 Å². The van der Waals surface area contributed by atoms with Gasteiger partial charge in [-0.1, -0.05) is 19.9 Å². The zero-order chi connectivity index (χ0) is 10.8. The van der Waals surface area contributed by atoms with Crippen molar-refractivity contribution in [2.24, 2.45) is 11.8 Å². The summed E-state index contributed by atoms with van der Waals surface area (Å²) in [6.07, 6.45) is 1.23. The third kappa shape index (κ3) is 2.22. The molecule has 82 valence electrons. The van der Waals surface area contributed by atoms with Crippen LogP contribution in [0.25, 0.3) is 0 Å². The molecule has 0 spiro atoms. The SMILES string of the molecule is CC(C)[C@H]1CCN(c2cccc(=O)[nH]2)C1. The van der Waals surface area contributed by atoms with Crippen molar-refractivity contribution in [1.82, 2.24) is 4.98 Å². The van der Waals surface area contributed by atoms with Gasteiger partial charge < -0.3 is 9.88 Å². The van der Waals surface area contributed by atoms with Crippen molar-refractivity contribution in [3.05, 3.63) is 28.6 Å². The molecule has 3 nitrogen and oxygen atoms in total. The smallest absolute Gasteiger partial charge is 0.249 e. The molecule has 0 amide bonds. The summed E-state index contributed by atoms with van der Waals surface area (Å²) in [7, 11) is 0. The van der Waals surface area contributed by atoms with E-state index in [9.17, 15) is 4.79 Å². The Morgan fingerprint density at radius 1 is 1.47 bits per heavy atom. The molecule has 1 N–H and O–H groups in total. The first kappa shape index (κ1) is 10.3. The number of aromatic nitrogens is 1. The Morgan fingerprint density at radius 3 is 2.87 bits per heavy atom. The van der Waals surface area contributed by atoms with Crippen LogP contribution in [0, 0.1) is 11.8 Å². The van der Waals surface area contributed by atoms with E-state index in [-0.39, 0.29) is 5.56 Å². The van der Waals surface area contributed by atoms with Gasteiger partial charge in [-0.2, -0.15) is 0 Å². The zero-order valence-electron chi connectivity index (χ0n) is 9.36. The molecular weight excluding hydrogens is 188 g/mol. The minimum Gasteiger partial charge on any atom is -0.358 e. The number of anilines is 1. The first-order valence-corrected chi connectivity index (χ1v) is 5.61. The molecule has 3 heteroatoms. The van der Waals surface area contributed by atoms with Crippen LogP contribution in [0.2, 0.25) is 0 Å². The van der Waals surface area contributed by atoms with Crippen molar-refractivity contribution in [3.63, 3.8) is 0 Å². The molecule has 0 aromatic carbocycles. The monoisotopic (exact) mass is 206 g/mol. The summed E-state index contributed by atoms with van der Waals surface area (Å²) in [6, 6.07) is 5.35. The third-order valence-electron chi connectivity index (χ3n) is 3.26. The molecule has 0 unspecified atom stereocenters. The number of hydrogen-bond acceptors (Lipinski definition) is 2. The Labute approximate surface area is 90.1 Å². The Kier molecular flexibility index (Phi) is 2.80. The van der Waals surface area contributed by atoms with E-state index in [1.165, 1.54) is 6.42 Å². The van der Waals surface area contributed by atoms with Gasteiger partial charge in [-0.25, -0.2) is 0 Å². The lowest BCUT2D eigenvalue weighted by Crippen LogP contribution is -2.24. The molecule has 1 aromatic heterocycles. The van der Waals surface area contributed by atoms with Crippen LogP contribution < -0.4 is 10.5 Å². The molecule has 15 heavy (non-hydrogen) atoms. The largest absolute Gasteiger partial charge is 0.358 e. The fourth-order valence-corrected chi connectivity index (χ4v) is 2.17. The number of H-pyrrole nitrogens is 1. The van der Waals surface area contributed by atoms with Crippen LogP contribution >= 0.6 is 0 Å². The molecule has 1 aliphatic heterocycles. The van der Waals surface area contributed by atoms with Crippen molar-refractivity contribution in [2.75, 3.05) is 18.0 Å². The average molecular weight is 206 g/mol. The number of nitrogens with one attached hydrogen (secondary N) is 1. The Morgan fingerprint density at radius 2 is 2.27 bits per heavy atom. The highest BCUT2D eigenvalue weighted by Crippen LogP contribution is 2.26. The van der Waals surface area contributed by atoms with E-state index in [0.717, 1.165) is 30.7 Å².